The zero-order valence-electron chi connectivity index (χ0n) is 10.4. The number of rotatable bonds is 2. The first kappa shape index (κ1) is 13.4. The Morgan fingerprint density at radius 1 is 1.38 bits per heavy atom. The lowest BCUT2D eigenvalue weighted by atomic mass is 9.79. The van der Waals surface area contributed by atoms with Crippen molar-refractivity contribution in [1.29, 1.82) is 0 Å². The summed E-state index contributed by atoms with van der Waals surface area (Å²) in [5, 5.41) is 0. The summed E-state index contributed by atoms with van der Waals surface area (Å²) >= 11 is 0. The summed E-state index contributed by atoms with van der Waals surface area (Å²) in [4.78, 5) is 0. The fourth-order valence-electron chi connectivity index (χ4n) is 1.99. The highest BCUT2D eigenvalue weighted by Crippen LogP contribution is 2.35. The van der Waals surface area contributed by atoms with Crippen LogP contribution in [-0.2, 0) is 10.3 Å². The molecule has 0 saturated heterocycles. The van der Waals surface area contributed by atoms with Crippen molar-refractivity contribution in [2.45, 2.75) is 33.2 Å². The Kier molecular flexibility index (Phi) is 3.34. The van der Waals surface area contributed by atoms with E-state index in [2.05, 4.69) is 0 Å². The van der Waals surface area contributed by atoms with Crippen molar-refractivity contribution in [3.8, 4) is 0 Å². The molecule has 1 aliphatic rings. The average Bonchev–Trinajstić information content (AvgIpc) is 2.12. The van der Waals surface area contributed by atoms with Gasteiger partial charge in [0.25, 0.3) is 0 Å². The lowest BCUT2D eigenvalue weighted by Crippen LogP contribution is -2.50. The van der Waals surface area contributed by atoms with Crippen molar-refractivity contribution < 1.29 is 13.0 Å². The van der Waals surface area contributed by atoms with E-state index in [0.29, 0.717) is 0 Å². The van der Waals surface area contributed by atoms with Crippen molar-refractivity contribution in [3.63, 3.8) is 0 Å². The molecule has 0 aromatic rings. The molecule has 0 fully saturated rings. The molecule has 0 spiro atoms. The van der Waals surface area contributed by atoms with Crippen LogP contribution in [0.25, 0.3) is 0 Å². The molecule has 4 nitrogen and oxygen atoms in total. The Bertz CT molecular complexity index is 450. The molecule has 0 aliphatic heterocycles. The van der Waals surface area contributed by atoms with Crippen LogP contribution < -0.4 is 0 Å². The van der Waals surface area contributed by atoms with Gasteiger partial charge in [0.05, 0.1) is 5.54 Å². The summed E-state index contributed by atoms with van der Waals surface area (Å²) in [5.74, 6) is 0.0168. The van der Waals surface area contributed by atoms with Gasteiger partial charge in [-0.2, -0.15) is 12.7 Å². The molecule has 0 bridgehead atoms. The van der Waals surface area contributed by atoms with Crippen molar-refractivity contribution in [2.75, 3.05) is 7.05 Å². The van der Waals surface area contributed by atoms with Gasteiger partial charge in [0.15, 0.2) is 0 Å². The quantitative estimate of drug-likeness (QED) is 0.757. The van der Waals surface area contributed by atoms with Crippen LogP contribution in [0.3, 0.4) is 0 Å². The topological polar surface area (TPSA) is 57.6 Å². The normalized spacial score (nSPS) is 31.3. The highest BCUT2D eigenvalue weighted by Gasteiger charge is 2.40. The average molecular weight is 245 g/mol. The monoisotopic (exact) mass is 245 g/mol. The number of likely N-dealkylation sites (N-methyl/N-ethyl adjacent to an activating group) is 1. The van der Waals surface area contributed by atoms with E-state index in [4.69, 9.17) is 4.55 Å². The second-order valence-electron chi connectivity index (χ2n) is 4.64. The predicted molar refractivity (Wildman–Crippen MR) is 64.4 cm³/mol. The minimum atomic E-state index is -4.18. The van der Waals surface area contributed by atoms with Gasteiger partial charge in [-0.25, -0.2) is 0 Å². The fourth-order valence-corrected chi connectivity index (χ4v) is 2.70. The molecule has 1 rings (SSSR count). The van der Waals surface area contributed by atoms with E-state index in [1.165, 1.54) is 7.05 Å². The minimum absolute atomic E-state index is 0.0168. The maximum atomic E-state index is 11.2. The molecule has 2 unspecified atom stereocenters. The minimum Gasteiger partial charge on any atom is -0.273 e. The molecule has 0 amide bonds. The summed E-state index contributed by atoms with van der Waals surface area (Å²) in [6.07, 6.45) is 3.91. The number of nitrogens with zero attached hydrogens (tertiary/aromatic N) is 1. The molecule has 0 heterocycles. The Morgan fingerprint density at radius 2 is 1.88 bits per heavy atom. The van der Waals surface area contributed by atoms with Crippen molar-refractivity contribution >= 4 is 10.3 Å². The predicted octanol–water partition coefficient (Wildman–Crippen LogP) is 2.02. The maximum absolute atomic E-state index is 11.2. The highest BCUT2D eigenvalue weighted by atomic mass is 32.2. The van der Waals surface area contributed by atoms with E-state index < -0.39 is 15.8 Å². The van der Waals surface area contributed by atoms with Crippen molar-refractivity contribution in [3.05, 3.63) is 23.3 Å². The first-order valence-corrected chi connectivity index (χ1v) is 6.58. The van der Waals surface area contributed by atoms with E-state index in [0.717, 1.165) is 15.5 Å². The number of allylic oxidation sites excluding steroid dienone is 2. The molecule has 0 saturated carbocycles. The molecule has 16 heavy (non-hydrogen) atoms. The zero-order valence-corrected chi connectivity index (χ0v) is 11.2. The van der Waals surface area contributed by atoms with E-state index in [1.54, 1.807) is 6.92 Å². The van der Waals surface area contributed by atoms with Gasteiger partial charge in [0.2, 0.25) is 0 Å². The van der Waals surface area contributed by atoms with Crippen LogP contribution in [0.4, 0.5) is 0 Å². The van der Waals surface area contributed by atoms with Gasteiger partial charge in [-0.3, -0.25) is 4.55 Å². The van der Waals surface area contributed by atoms with Gasteiger partial charge in [-0.15, -0.1) is 0 Å². The summed E-state index contributed by atoms with van der Waals surface area (Å²) in [6.45, 7) is 7.68. The molecule has 0 aromatic heterocycles. The Hall–Kier alpha value is -0.650. The van der Waals surface area contributed by atoms with Gasteiger partial charge in [-0.05, 0) is 26.7 Å². The summed E-state index contributed by atoms with van der Waals surface area (Å²) in [6, 6.07) is 0. The van der Waals surface area contributed by atoms with Crippen LogP contribution in [0.5, 0.6) is 0 Å². The molecule has 0 radical (unpaired) electrons. The Balaban J connectivity index is 3.23. The molecule has 0 aromatic carbocycles. The summed E-state index contributed by atoms with van der Waals surface area (Å²) < 4.78 is 32.5. The van der Waals surface area contributed by atoms with Gasteiger partial charge >= 0.3 is 10.3 Å². The van der Waals surface area contributed by atoms with Gasteiger partial charge in [-0.1, -0.05) is 30.2 Å². The van der Waals surface area contributed by atoms with Gasteiger partial charge in [0.1, 0.15) is 0 Å². The first-order valence-electron chi connectivity index (χ1n) is 5.18. The van der Waals surface area contributed by atoms with Crippen LogP contribution in [0, 0.1) is 5.92 Å². The summed E-state index contributed by atoms with van der Waals surface area (Å²) in [7, 11) is -2.78. The first-order chi connectivity index (χ1) is 7.09. The SMILES string of the molecule is CC1=CC(C)C(C)(N(C)S(=O)(=O)O)C=C1C. The third kappa shape index (κ3) is 2.21. The van der Waals surface area contributed by atoms with Crippen molar-refractivity contribution in [2.24, 2.45) is 5.92 Å². The van der Waals surface area contributed by atoms with Gasteiger partial charge < -0.3 is 0 Å². The lowest BCUT2D eigenvalue weighted by molar-refractivity contribution is 0.222. The van der Waals surface area contributed by atoms with E-state index in [1.807, 2.05) is 32.9 Å². The van der Waals surface area contributed by atoms with E-state index >= 15 is 0 Å². The highest BCUT2D eigenvalue weighted by molar-refractivity contribution is 7.83. The lowest BCUT2D eigenvalue weighted by Gasteiger charge is -2.40. The van der Waals surface area contributed by atoms with Gasteiger partial charge in [0, 0.05) is 7.05 Å². The third-order valence-electron chi connectivity index (χ3n) is 3.58. The van der Waals surface area contributed by atoms with Crippen molar-refractivity contribution in [1.82, 2.24) is 4.31 Å². The summed E-state index contributed by atoms with van der Waals surface area (Å²) in [5.41, 5.74) is 1.47. The Morgan fingerprint density at radius 3 is 2.31 bits per heavy atom. The molecule has 5 heteroatoms. The number of hydrogen-bond acceptors (Lipinski definition) is 2. The van der Waals surface area contributed by atoms with Crippen LogP contribution in [-0.4, -0.2) is 29.9 Å². The molecule has 2 atom stereocenters. The smallest absolute Gasteiger partial charge is 0.273 e. The molecule has 1 aliphatic carbocycles. The second-order valence-corrected chi connectivity index (χ2v) is 6.08. The van der Waals surface area contributed by atoms with Crippen LogP contribution in [0.1, 0.15) is 27.7 Å². The molecular formula is C11H19NO3S. The van der Waals surface area contributed by atoms with E-state index in [-0.39, 0.29) is 5.92 Å². The Labute approximate surface area is 97.5 Å². The largest absolute Gasteiger partial charge is 0.336 e. The fraction of sp³-hybridized carbons (Fsp3) is 0.636. The number of hydrogen-bond donors (Lipinski definition) is 1. The van der Waals surface area contributed by atoms with Crippen LogP contribution in [0.15, 0.2) is 23.3 Å². The maximum Gasteiger partial charge on any atom is 0.336 e. The second kappa shape index (κ2) is 3.98. The van der Waals surface area contributed by atoms with E-state index in [9.17, 15) is 8.42 Å². The molecule has 92 valence electrons. The van der Waals surface area contributed by atoms with Crippen LogP contribution in [0.2, 0.25) is 0 Å². The standard InChI is InChI=1S/C11H19NO3S/c1-8-6-10(3)11(4,7-9(8)2)12(5)16(13,14)15/h6-7,10H,1-5H3,(H,13,14,15). The van der Waals surface area contributed by atoms with Crippen LogP contribution >= 0.6 is 0 Å². The molecule has 1 N–H and O–H groups in total. The molecular weight excluding hydrogens is 226 g/mol. The third-order valence-corrected chi connectivity index (χ3v) is 4.66. The zero-order chi connectivity index (χ0) is 12.7.